The molecule has 0 radical (unpaired) electrons. The molecule has 12 rings (SSSR count). The van der Waals surface area contributed by atoms with Crippen molar-refractivity contribution in [1.29, 1.82) is 0 Å². The van der Waals surface area contributed by atoms with Gasteiger partial charge in [-0.2, -0.15) is 15.3 Å². The molecule has 4 heterocycles. The zero-order valence-electron chi connectivity index (χ0n) is 36.1. The molecule has 1 N–H and O–H groups in total. The number of carbonyl (C=O) groups is 3. The topological polar surface area (TPSA) is 139 Å². The maximum absolute atomic E-state index is 13.1. The molecule has 0 bridgehead atoms. The van der Waals surface area contributed by atoms with Gasteiger partial charge in [-0.25, -0.2) is 32.2 Å². The molecule has 68 heavy (non-hydrogen) atoms. The number of esters is 1. The molecule has 0 spiro atoms. The summed E-state index contributed by atoms with van der Waals surface area (Å²) in [5, 5.41) is 21.3. The van der Waals surface area contributed by atoms with Crippen LogP contribution in [0.2, 0.25) is 0 Å². The summed E-state index contributed by atoms with van der Waals surface area (Å²) in [6.45, 7) is 0. The molecule has 0 saturated heterocycles. The van der Waals surface area contributed by atoms with Crippen molar-refractivity contribution in [3.05, 3.63) is 192 Å². The minimum atomic E-state index is -0.279. The predicted octanol–water partition coefficient (Wildman–Crippen LogP) is 10.8. The number of benzene rings is 6. The van der Waals surface area contributed by atoms with Gasteiger partial charge in [-0.05, 0) is 151 Å². The van der Waals surface area contributed by atoms with E-state index in [1.165, 1.54) is 54.8 Å². The summed E-state index contributed by atoms with van der Waals surface area (Å²) in [6, 6.07) is 36.2. The average Bonchev–Trinajstić information content (AvgIpc) is 4.06. The number of hydrogen-bond acceptors (Lipinski definition) is 9. The number of ether oxygens (including phenoxy) is 1. The Balaban J connectivity index is 0.000000121. The van der Waals surface area contributed by atoms with Crippen LogP contribution in [0, 0.1) is 29.3 Å². The fourth-order valence-corrected chi connectivity index (χ4v) is 8.90. The highest BCUT2D eigenvalue weighted by molar-refractivity contribution is 7.13. The van der Waals surface area contributed by atoms with Gasteiger partial charge in [-0.1, -0.05) is 12.1 Å². The Morgan fingerprint density at radius 1 is 0.618 bits per heavy atom. The Kier molecular flexibility index (Phi) is 11.9. The van der Waals surface area contributed by atoms with Crippen molar-refractivity contribution in [2.45, 2.75) is 24.7 Å². The van der Waals surface area contributed by atoms with Crippen LogP contribution in [-0.2, 0) is 14.3 Å². The Bertz CT molecular complexity index is 3440. The number of hydrogen-bond donors (Lipinski definition) is 1. The van der Waals surface area contributed by atoms with Gasteiger partial charge in [0, 0.05) is 39.2 Å². The van der Waals surface area contributed by atoms with E-state index in [4.69, 9.17) is 4.74 Å². The molecule has 16 heteroatoms. The molecule has 338 valence electrons. The molecule has 4 atom stereocenters. The molecule has 4 aromatic heterocycles. The van der Waals surface area contributed by atoms with Gasteiger partial charge in [0.25, 0.3) is 0 Å². The van der Waals surface area contributed by atoms with Crippen LogP contribution < -0.4 is 5.32 Å². The largest absolute Gasteiger partial charge is 0.469 e. The normalized spacial score (nSPS) is 16.9. The highest BCUT2D eigenvalue weighted by atomic mass is 32.1. The summed E-state index contributed by atoms with van der Waals surface area (Å²) >= 11 is 1.42. The van der Waals surface area contributed by atoms with E-state index in [0.29, 0.717) is 10.7 Å². The number of aromatic nitrogens is 7. The molecular weight excluding hydrogens is 890 g/mol. The van der Waals surface area contributed by atoms with E-state index in [1.54, 1.807) is 87.4 Å². The van der Waals surface area contributed by atoms with Crippen molar-refractivity contribution in [2.24, 2.45) is 11.8 Å². The lowest BCUT2D eigenvalue weighted by molar-refractivity contribution is -0.142. The predicted molar refractivity (Wildman–Crippen MR) is 253 cm³/mol. The Hall–Kier alpha value is -8.24. The number of carbonyl (C=O) groups excluding carboxylic acids is 3. The monoisotopic (exact) mass is 928 g/mol. The molecule has 12 nitrogen and oxygen atoms in total. The van der Waals surface area contributed by atoms with E-state index < -0.39 is 0 Å². The fourth-order valence-electron chi connectivity index (χ4n) is 8.36. The number of methoxy groups -OCH3 is 1. The van der Waals surface area contributed by atoms with Gasteiger partial charge in [0.1, 0.15) is 23.7 Å². The van der Waals surface area contributed by atoms with Crippen LogP contribution >= 0.6 is 11.3 Å². The molecule has 10 aromatic rings. The SMILES string of the molecule is COC(=O)C1CC1c1ccc2c(cnn2-c2ccc(F)cc2)c1.O=C(Nc1nccs1)C1CC1c1ccc2c(cnn2-c2ccc(F)cc2)c1.O=Cc1ccc2c(cnn2-c2ccc(F)cc2)c1. The third kappa shape index (κ3) is 9.13. The number of rotatable bonds is 9. The minimum Gasteiger partial charge on any atom is -0.469 e. The van der Waals surface area contributed by atoms with Crippen molar-refractivity contribution < 1.29 is 32.3 Å². The van der Waals surface area contributed by atoms with E-state index in [2.05, 4.69) is 37.7 Å². The highest BCUT2D eigenvalue weighted by Gasteiger charge is 2.45. The number of amides is 1. The van der Waals surface area contributed by atoms with Crippen LogP contribution in [0.1, 0.15) is 46.2 Å². The van der Waals surface area contributed by atoms with Crippen molar-refractivity contribution in [2.75, 3.05) is 12.4 Å². The number of nitrogens with zero attached hydrogens (tertiary/aromatic N) is 7. The third-order valence-electron chi connectivity index (χ3n) is 12.1. The summed E-state index contributed by atoms with van der Waals surface area (Å²) < 4.78 is 49.2. The van der Waals surface area contributed by atoms with Gasteiger partial charge in [0.2, 0.25) is 5.91 Å². The first-order valence-electron chi connectivity index (χ1n) is 21.6. The van der Waals surface area contributed by atoms with Gasteiger partial charge >= 0.3 is 5.97 Å². The molecule has 2 aliphatic rings. The second kappa shape index (κ2) is 18.6. The fraction of sp³-hybridized carbons (Fsp3) is 0.135. The first kappa shape index (κ1) is 43.6. The first-order chi connectivity index (χ1) is 33.1. The van der Waals surface area contributed by atoms with E-state index in [1.807, 2.05) is 35.7 Å². The molecule has 2 fully saturated rings. The lowest BCUT2D eigenvalue weighted by Gasteiger charge is -2.05. The number of nitrogens with one attached hydrogen (secondary N) is 1. The lowest BCUT2D eigenvalue weighted by Crippen LogP contribution is -2.14. The molecule has 4 unspecified atom stereocenters. The third-order valence-corrected chi connectivity index (χ3v) is 12.8. The van der Waals surface area contributed by atoms with Crippen molar-refractivity contribution in [3.8, 4) is 17.1 Å². The molecule has 6 aromatic carbocycles. The summed E-state index contributed by atoms with van der Waals surface area (Å²) in [4.78, 5) is 38.7. The minimum absolute atomic E-state index is 0.0153. The van der Waals surface area contributed by atoms with Crippen molar-refractivity contribution in [1.82, 2.24) is 34.3 Å². The maximum atomic E-state index is 13.1. The van der Waals surface area contributed by atoms with Gasteiger partial charge in [0.15, 0.2) is 5.13 Å². The summed E-state index contributed by atoms with van der Waals surface area (Å²) in [6.07, 6.45) is 9.43. The summed E-state index contributed by atoms with van der Waals surface area (Å²) in [5.41, 5.74) is 8.08. The number of thiazole rings is 1. The van der Waals surface area contributed by atoms with Crippen molar-refractivity contribution >= 4 is 67.3 Å². The standard InChI is InChI=1S/C20H15FN4OS.C18H15FN2O2.C14H9FN2O/c21-14-2-4-15(5-3-14)25-18-6-1-12(9-13(18)11-23-25)16-10-17(16)19(26)24-20-22-7-8-27-20;1-23-18(22)16-9-15(16)11-2-7-17-12(8-11)10-20-21(17)14-5-3-13(19)4-6-14;15-12-2-4-13(5-3-12)17-14-6-1-10(9-18)7-11(14)8-16-17/h1-9,11,16-17H,10H2,(H,22,24,26);2-8,10,15-16H,9H2,1H3;1-9H. The van der Waals surface area contributed by atoms with Crippen LogP contribution in [-0.4, -0.2) is 59.6 Å². The average molecular weight is 929 g/mol. The molecule has 0 aliphatic heterocycles. The molecule has 2 aliphatic carbocycles. The van der Waals surface area contributed by atoms with Gasteiger partial charge in [-0.3, -0.25) is 14.4 Å². The van der Waals surface area contributed by atoms with Crippen LogP contribution in [0.25, 0.3) is 49.8 Å². The highest BCUT2D eigenvalue weighted by Crippen LogP contribution is 2.49. The quantitative estimate of drug-likeness (QED) is 0.112. The van der Waals surface area contributed by atoms with Crippen LogP contribution in [0.3, 0.4) is 0 Å². The zero-order chi connectivity index (χ0) is 46.9. The van der Waals surface area contributed by atoms with Gasteiger partial charge in [-0.15, -0.1) is 11.3 Å². The smallest absolute Gasteiger partial charge is 0.309 e. The zero-order valence-corrected chi connectivity index (χ0v) is 36.9. The summed E-state index contributed by atoms with van der Waals surface area (Å²) in [5.74, 6) is -0.511. The molecular formula is C52H39F3N8O4S. The number of halogens is 3. The number of anilines is 1. The Morgan fingerprint density at radius 2 is 1.06 bits per heavy atom. The van der Waals surface area contributed by atoms with Crippen molar-refractivity contribution in [3.63, 3.8) is 0 Å². The molecule has 1 amide bonds. The Labute approximate surface area is 390 Å². The lowest BCUT2D eigenvalue weighted by atomic mass is 10.1. The van der Waals surface area contributed by atoms with E-state index in [0.717, 1.165) is 80.0 Å². The second-order valence-corrected chi connectivity index (χ2v) is 17.3. The van der Waals surface area contributed by atoms with E-state index in [-0.39, 0.29) is 53.0 Å². The second-order valence-electron chi connectivity index (χ2n) is 16.4. The van der Waals surface area contributed by atoms with E-state index in [9.17, 15) is 27.6 Å². The van der Waals surface area contributed by atoms with Crippen LogP contribution in [0.5, 0.6) is 0 Å². The van der Waals surface area contributed by atoms with E-state index >= 15 is 0 Å². The maximum Gasteiger partial charge on any atom is 0.309 e. The molecule has 2 saturated carbocycles. The number of aldehydes is 1. The van der Waals surface area contributed by atoms with Gasteiger partial charge in [0.05, 0.1) is 65.2 Å². The van der Waals surface area contributed by atoms with Crippen LogP contribution in [0.4, 0.5) is 18.3 Å². The Morgan fingerprint density at radius 3 is 1.50 bits per heavy atom. The first-order valence-corrected chi connectivity index (χ1v) is 22.5. The van der Waals surface area contributed by atoms with Gasteiger partial charge < -0.3 is 10.1 Å². The summed E-state index contributed by atoms with van der Waals surface area (Å²) in [7, 11) is 1.42. The number of fused-ring (bicyclic) bond motifs is 3. The van der Waals surface area contributed by atoms with Crippen LogP contribution in [0.15, 0.2) is 158 Å².